The van der Waals surface area contributed by atoms with Gasteiger partial charge in [0.2, 0.25) is 0 Å². The number of nitrogens with one attached hydrogen (secondary N) is 1. The Morgan fingerprint density at radius 2 is 2.37 bits per heavy atom. The molecule has 1 aliphatic rings. The van der Waals surface area contributed by atoms with Crippen molar-refractivity contribution >= 4 is 35.0 Å². The van der Waals surface area contributed by atoms with Gasteiger partial charge in [-0.3, -0.25) is 4.79 Å². The first-order chi connectivity index (χ1) is 9.11. The molecule has 1 amide bonds. The summed E-state index contributed by atoms with van der Waals surface area (Å²) in [7, 11) is 1.19. The minimum Gasteiger partial charge on any atom is -0.467 e. The second-order valence-electron chi connectivity index (χ2n) is 4.11. The fraction of sp³-hybridized carbons (Fsp3) is 0.500. The van der Waals surface area contributed by atoms with Crippen LogP contribution in [0.2, 0.25) is 0 Å². The number of carbonyl (C=O) groups is 2. The highest BCUT2D eigenvalue weighted by atomic mass is 32.2. The Kier molecular flexibility index (Phi) is 4.84. The number of thioether (sulfide) groups is 1. The third-order valence-electron chi connectivity index (χ3n) is 2.78. The second kappa shape index (κ2) is 6.40. The molecule has 0 aliphatic carbocycles. The summed E-state index contributed by atoms with van der Waals surface area (Å²) in [5.41, 5.74) is 1.22. The molecule has 104 valence electrons. The van der Waals surface area contributed by atoms with E-state index in [4.69, 9.17) is 0 Å². The summed E-state index contributed by atoms with van der Waals surface area (Å²) in [5, 5.41) is 11.9. The first-order valence-corrected chi connectivity index (χ1v) is 7.82. The van der Waals surface area contributed by atoms with Crippen LogP contribution in [-0.2, 0) is 21.7 Å². The van der Waals surface area contributed by atoms with Crippen LogP contribution in [0.15, 0.2) is 6.07 Å². The van der Waals surface area contributed by atoms with E-state index < -0.39 is 12.1 Å². The second-order valence-corrected chi connectivity index (χ2v) is 6.35. The number of methoxy groups -OCH3 is 1. The van der Waals surface area contributed by atoms with Crippen LogP contribution in [0.5, 0.6) is 0 Å². The Bertz CT molecular complexity index is 463. The number of hydrogen-bond donors (Lipinski definition) is 2. The highest BCUT2D eigenvalue weighted by Gasteiger charge is 2.20. The fourth-order valence-electron chi connectivity index (χ4n) is 1.75. The van der Waals surface area contributed by atoms with Crippen molar-refractivity contribution in [3.05, 3.63) is 21.4 Å². The van der Waals surface area contributed by atoms with E-state index in [0.29, 0.717) is 4.88 Å². The molecule has 2 rings (SSSR count). The van der Waals surface area contributed by atoms with Crippen molar-refractivity contribution in [2.45, 2.75) is 18.3 Å². The molecule has 0 aromatic carbocycles. The third kappa shape index (κ3) is 3.49. The van der Waals surface area contributed by atoms with Crippen molar-refractivity contribution < 1.29 is 19.4 Å². The largest absolute Gasteiger partial charge is 0.467 e. The Morgan fingerprint density at radius 1 is 1.58 bits per heavy atom. The molecule has 0 bridgehead atoms. The zero-order chi connectivity index (χ0) is 13.8. The summed E-state index contributed by atoms with van der Waals surface area (Å²) in [6, 6.07) is 1.89. The molecule has 7 heteroatoms. The minimum atomic E-state index is -1.32. The molecule has 0 saturated heterocycles. The van der Waals surface area contributed by atoms with E-state index in [0.717, 1.165) is 17.9 Å². The molecule has 1 aromatic heterocycles. The topological polar surface area (TPSA) is 75.6 Å². The van der Waals surface area contributed by atoms with Crippen LogP contribution in [0.25, 0.3) is 0 Å². The SMILES string of the molecule is COC(=O)C(O)CNC(=O)c1cc2c(s1)CCSC2. The number of carbonyl (C=O) groups excluding carboxylic acids is 2. The summed E-state index contributed by atoms with van der Waals surface area (Å²) in [5.74, 6) is 1.04. The molecule has 0 fully saturated rings. The lowest BCUT2D eigenvalue weighted by Gasteiger charge is -2.08. The highest BCUT2D eigenvalue weighted by molar-refractivity contribution is 7.98. The van der Waals surface area contributed by atoms with Crippen LogP contribution in [0.1, 0.15) is 20.1 Å². The lowest BCUT2D eigenvalue weighted by atomic mass is 10.2. The normalized spacial score (nSPS) is 15.5. The van der Waals surface area contributed by atoms with Crippen molar-refractivity contribution in [3.8, 4) is 0 Å². The van der Waals surface area contributed by atoms with Gasteiger partial charge >= 0.3 is 5.97 Å². The van der Waals surface area contributed by atoms with E-state index in [1.807, 2.05) is 17.8 Å². The predicted molar refractivity (Wildman–Crippen MR) is 74.5 cm³/mol. The molecule has 1 atom stereocenters. The minimum absolute atomic E-state index is 0.136. The lowest BCUT2D eigenvalue weighted by Crippen LogP contribution is -2.36. The van der Waals surface area contributed by atoms with Gasteiger partial charge in [0, 0.05) is 10.6 Å². The zero-order valence-electron chi connectivity index (χ0n) is 10.5. The molecule has 2 N–H and O–H groups in total. The van der Waals surface area contributed by atoms with Gasteiger partial charge in [0.25, 0.3) is 5.91 Å². The molecule has 5 nitrogen and oxygen atoms in total. The number of ether oxygens (including phenoxy) is 1. The first-order valence-electron chi connectivity index (χ1n) is 5.85. The quantitative estimate of drug-likeness (QED) is 0.805. The molecule has 0 saturated carbocycles. The number of hydrogen-bond acceptors (Lipinski definition) is 6. The molecule has 0 radical (unpaired) electrons. The first kappa shape index (κ1) is 14.4. The van der Waals surface area contributed by atoms with Gasteiger partial charge in [-0.25, -0.2) is 4.79 Å². The molecule has 1 unspecified atom stereocenters. The van der Waals surface area contributed by atoms with Crippen molar-refractivity contribution in [1.82, 2.24) is 5.32 Å². The fourth-order valence-corrected chi connectivity index (χ4v) is 4.04. The number of fused-ring (bicyclic) bond motifs is 1. The van der Waals surface area contributed by atoms with Crippen molar-refractivity contribution in [2.75, 3.05) is 19.4 Å². The Labute approximate surface area is 119 Å². The Hall–Kier alpha value is -1.05. The number of thiophene rings is 1. The molecule has 19 heavy (non-hydrogen) atoms. The van der Waals surface area contributed by atoms with Gasteiger partial charge in [0.1, 0.15) is 0 Å². The van der Waals surface area contributed by atoms with Gasteiger partial charge in [-0.15, -0.1) is 11.3 Å². The maximum atomic E-state index is 11.9. The lowest BCUT2D eigenvalue weighted by molar-refractivity contribution is -0.149. The molecule has 1 aliphatic heterocycles. The third-order valence-corrected chi connectivity index (χ3v) is 5.02. The van der Waals surface area contributed by atoms with Gasteiger partial charge in [0.15, 0.2) is 6.10 Å². The smallest absolute Gasteiger partial charge is 0.336 e. The number of aryl methyl sites for hydroxylation is 1. The van der Waals surface area contributed by atoms with Crippen LogP contribution >= 0.6 is 23.1 Å². The van der Waals surface area contributed by atoms with E-state index in [1.165, 1.54) is 28.9 Å². The van der Waals surface area contributed by atoms with Crippen LogP contribution in [0, 0.1) is 0 Å². The van der Waals surface area contributed by atoms with Gasteiger partial charge in [-0.05, 0) is 23.8 Å². The predicted octanol–water partition coefficient (Wildman–Crippen LogP) is 0.801. The Morgan fingerprint density at radius 3 is 3.05 bits per heavy atom. The monoisotopic (exact) mass is 301 g/mol. The van der Waals surface area contributed by atoms with Gasteiger partial charge in [-0.1, -0.05) is 0 Å². The highest BCUT2D eigenvalue weighted by Crippen LogP contribution is 2.31. The van der Waals surface area contributed by atoms with Crippen molar-refractivity contribution in [3.63, 3.8) is 0 Å². The standard InChI is InChI=1S/C12H15NO4S2/c1-17-12(16)8(14)5-13-11(15)10-4-7-6-18-3-2-9(7)19-10/h4,8,14H,2-3,5-6H2,1H3,(H,13,15). The maximum Gasteiger partial charge on any atom is 0.336 e. The molecular formula is C12H15NO4S2. The van der Waals surface area contributed by atoms with Crippen LogP contribution in [-0.4, -0.2) is 42.5 Å². The molecule has 2 heterocycles. The molecule has 0 spiro atoms. The average molecular weight is 301 g/mol. The van der Waals surface area contributed by atoms with E-state index in [9.17, 15) is 14.7 Å². The van der Waals surface area contributed by atoms with Gasteiger partial charge in [0.05, 0.1) is 18.5 Å². The summed E-state index contributed by atoms with van der Waals surface area (Å²) in [6.07, 6.45) is -0.318. The maximum absolute atomic E-state index is 11.9. The van der Waals surface area contributed by atoms with Crippen molar-refractivity contribution in [1.29, 1.82) is 0 Å². The number of aliphatic hydroxyl groups excluding tert-OH is 1. The van der Waals surface area contributed by atoms with E-state index in [-0.39, 0.29) is 12.5 Å². The average Bonchev–Trinajstić information content (AvgIpc) is 2.87. The van der Waals surface area contributed by atoms with Gasteiger partial charge in [-0.2, -0.15) is 11.8 Å². The number of amides is 1. The summed E-state index contributed by atoms with van der Waals surface area (Å²) in [6.45, 7) is -0.136. The number of aliphatic hydroxyl groups is 1. The van der Waals surface area contributed by atoms with E-state index in [1.54, 1.807) is 0 Å². The van der Waals surface area contributed by atoms with Crippen LogP contribution in [0.3, 0.4) is 0 Å². The zero-order valence-corrected chi connectivity index (χ0v) is 12.1. The van der Waals surface area contributed by atoms with Crippen LogP contribution in [0.4, 0.5) is 0 Å². The summed E-state index contributed by atoms with van der Waals surface area (Å²) < 4.78 is 4.38. The number of esters is 1. The van der Waals surface area contributed by atoms with Crippen molar-refractivity contribution in [2.24, 2.45) is 0 Å². The van der Waals surface area contributed by atoms with E-state index in [2.05, 4.69) is 10.1 Å². The summed E-state index contributed by atoms with van der Waals surface area (Å²) in [4.78, 5) is 24.8. The molecule has 1 aromatic rings. The molecular weight excluding hydrogens is 286 g/mol. The summed E-state index contributed by atoms with van der Waals surface area (Å²) >= 11 is 3.35. The van der Waals surface area contributed by atoms with E-state index >= 15 is 0 Å². The number of rotatable bonds is 4. The van der Waals surface area contributed by atoms with Gasteiger partial charge < -0.3 is 15.2 Å². The Balaban J connectivity index is 1.93. The van der Waals surface area contributed by atoms with Crippen LogP contribution < -0.4 is 5.32 Å².